The first-order chi connectivity index (χ1) is 5.33. The normalized spacial score (nSPS) is 27.3. The summed E-state index contributed by atoms with van der Waals surface area (Å²) < 4.78 is 0. The van der Waals surface area contributed by atoms with Crippen molar-refractivity contribution in [3.8, 4) is 0 Å². The molecule has 0 radical (unpaired) electrons. The van der Waals surface area contributed by atoms with Crippen molar-refractivity contribution in [2.24, 2.45) is 0 Å². The van der Waals surface area contributed by atoms with E-state index in [4.69, 9.17) is 0 Å². The molecule has 1 fully saturated rings. The maximum atomic E-state index is 3.44. The van der Waals surface area contributed by atoms with Gasteiger partial charge in [0.1, 0.15) is 0 Å². The van der Waals surface area contributed by atoms with Gasteiger partial charge in [-0.3, -0.25) is 4.90 Å². The molecule has 0 spiro atoms. The summed E-state index contributed by atoms with van der Waals surface area (Å²) in [6.45, 7) is 7.12. The summed E-state index contributed by atoms with van der Waals surface area (Å²) in [6.07, 6.45) is 2.17. The highest BCUT2D eigenvalue weighted by Gasteiger charge is 2.13. The van der Waals surface area contributed by atoms with Gasteiger partial charge < -0.3 is 5.32 Å². The molecule has 66 valence electrons. The fourth-order valence-electron chi connectivity index (χ4n) is 1.44. The van der Waals surface area contributed by atoms with Gasteiger partial charge in [-0.05, 0) is 13.2 Å². The molecule has 0 saturated carbocycles. The van der Waals surface area contributed by atoms with Crippen LogP contribution in [0.1, 0.15) is 6.92 Å². The average molecular weight is 174 g/mol. The molecule has 1 aliphatic heterocycles. The average Bonchev–Trinajstić information content (AvgIpc) is 2.01. The van der Waals surface area contributed by atoms with Crippen LogP contribution in [0.3, 0.4) is 0 Å². The molecule has 0 aromatic rings. The third kappa shape index (κ3) is 3.45. The van der Waals surface area contributed by atoms with E-state index in [9.17, 15) is 0 Å². The molecule has 1 rings (SSSR count). The smallest absolute Gasteiger partial charge is 0.0167 e. The molecule has 1 aliphatic rings. The van der Waals surface area contributed by atoms with E-state index in [1.807, 2.05) is 11.8 Å². The number of hydrogen-bond donors (Lipinski definition) is 1. The Hall–Kier alpha value is 0.270. The van der Waals surface area contributed by atoms with Crippen LogP contribution in [0.25, 0.3) is 0 Å². The largest absolute Gasteiger partial charge is 0.312 e. The fourth-order valence-corrected chi connectivity index (χ4v) is 1.88. The predicted molar refractivity (Wildman–Crippen MR) is 52.3 cm³/mol. The van der Waals surface area contributed by atoms with Gasteiger partial charge in [-0.1, -0.05) is 0 Å². The van der Waals surface area contributed by atoms with Gasteiger partial charge >= 0.3 is 0 Å². The van der Waals surface area contributed by atoms with Crippen LogP contribution in [0, 0.1) is 0 Å². The molecule has 11 heavy (non-hydrogen) atoms. The van der Waals surface area contributed by atoms with Crippen LogP contribution >= 0.6 is 11.8 Å². The van der Waals surface area contributed by atoms with Gasteiger partial charge in [-0.2, -0.15) is 11.8 Å². The number of hydrogen-bond acceptors (Lipinski definition) is 3. The highest BCUT2D eigenvalue weighted by molar-refractivity contribution is 7.98. The van der Waals surface area contributed by atoms with E-state index in [0.29, 0.717) is 6.04 Å². The minimum atomic E-state index is 0.686. The van der Waals surface area contributed by atoms with Gasteiger partial charge in [0.25, 0.3) is 0 Å². The number of thioether (sulfide) groups is 1. The van der Waals surface area contributed by atoms with Gasteiger partial charge in [0, 0.05) is 38.0 Å². The fraction of sp³-hybridized carbons (Fsp3) is 1.00. The maximum absolute atomic E-state index is 3.44. The zero-order chi connectivity index (χ0) is 8.10. The molecule has 1 saturated heterocycles. The summed E-state index contributed by atoms with van der Waals surface area (Å²) in [5.41, 5.74) is 0. The number of nitrogens with one attached hydrogen (secondary N) is 1. The molecule has 3 heteroatoms. The van der Waals surface area contributed by atoms with Gasteiger partial charge in [0.15, 0.2) is 0 Å². The molecule has 1 atom stereocenters. The zero-order valence-electron chi connectivity index (χ0n) is 7.47. The van der Waals surface area contributed by atoms with Crippen LogP contribution in [0.15, 0.2) is 0 Å². The van der Waals surface area contributed by atoms with Crippen molar-refractivity contribution < 1.29 is 0 Å². The van der Waals surface area contributed by atoms with Crippen molar-refractivity contribution in [2.75, 3.05) is 38.2 Å². The second-order valence-electron chi connectivity index (χ2n) is 3.15. The second-order valence-corrected chi connectivity index (χ2v) is 4.13. The van der Waals surface area contributed by atoms with Crippen molar-refractivity contribution in [3.05, 3.63) is 0 Å². The predicted octanol–water partition coefficient (Wildman–Crippen LogP) is 0.643. The van der Waals surface area contributed by atoms with E-state index in [-0.39, 0.29) is 0 Å². The summed E-state index contributed by atoms with van der Waals surface area (Å²) in [5, 5.41) is 3.44. The first kappa shape index (κ1) is 9.36. The lowest BCUT2D eigenvalue weighted by Crippen LogP contribution is -2.49. The molecule has 0 aliphatic carbocycles. The lowest BCUT2D eigenvalue weighted by molar-refractivity contribution is 0.218. The Labute approximate surface area is 73.7 Å². The lowest BCUT2D eigenvalue weighted by atomic mass is 10.2. The first-order valence-electron chi connectivity index (χ1n) is 4.27. The standard InChI is InChI=1S/C8H18N2S/c1-8-7-10(4-3-9-8)5-6-11-2/h8-9H,3-7H2,1-2H3/t8-/m0/s1. The first-order valence-corrected chi connectivity index (χ1v) is 5.67. The Kier molecular flexibility index (Phi) is 4.26. The van der Waals surface area contributed by atoms with Gasteiger partial charge in [0.2, 0.25) is 0 Å². The van der Waals surface area contributed by atoms with E-state index >= 15 is 0 Å². The third-order valence-corrected chi connectivity index (χ3v) is 2.66. The monoisotopic (exact) mass is 174 g/mol. The molecule has 1 heterocycles. The lowest BCUT2D eigenvalue weighted by Gasteiger charge is -2.31. The third-order valence-electron chi connectivity index (χ3n) is 2.06. The van der Waals surface area contributed by atoms with E-state index in [1.54, 1.807) is 0 Å². The minimum absolute atomic E-state index is 0.686. The van der Waals surface area contributed by atoms with Crippen molar-refractivity contribution in [2.45, 2.75) is 13.0 Å². The van der Waals surface area contributed by atoms with Crippen LogP contribution in [0.2, 0.25) is 0 Å². The summed E-state index contributed by atoms with van der Waals surface area (Å²) >= 11 is 1.93. The highest BCUT2D eigenvalue weighted by Crippen LogP contribution is 2.00. The molecular weight excluding hydrogens is 156 g/mol. The highest BCUT2D eigenvalue weighted by atomic mass is 32.2. The quantitative estimate of drug-likeness (QED) is 0.676. The Morgan fingerprint density at radius 2 is 2.45 bits per heavy atom. The molecule has 0 bridgehead atoms. The van der Waals surface area contributed by atoms with Crippen molar-refractivity contribution in [1.29, 1.82) is 0 Å². The zero-order valence-corrected chi connectivity index (χ0v) is 8.28. The van der Waals surface area contributed by atoms with E-state index in [1.165, 1.54) is 25.4 Å². The number of piperazine rings is 1. The van der Waals surface area contributed by atoms with Gasteiger partial charge in [-0.15, -0.1) is 0 Å². The van der Waals surface area contributed by atoms with Gasteiger partial charge in [0.05, 0.1) is 0 Å². The number of rotatable bonds is 3. The maximum Gasteiger partial charge on any atom is 0.0167 e. The summed E-state index contributed by atoms with van der Waals surface area (Å²) in [5.74, 6) is 1.27. The van der Waals surface area contributed by atoms with E-state index in [0.717, 1.165) is 6.54 Å². The van der Waals surface area contributed by atoms with Crippen molar-refractivity contribution in [3.63, 3.8) is 0 Å². The molecule has 2 nitrogen and oxygen atoms in total. The Balaban J connectivity index is 2.12. The topological polar surface area (TPSA) is 15.3 Å². The van der Waals surface area contributed by atoms with E-state index < -0.39 is 0 Å². The van der Waals surface area contributed by atoms with Crippen molar-refractivity contribution in [1.82, 2.24) is 10.2 Å². The van der Waals surface area contributed by atoms with Crippen LogP contribution < -0.4 is 5.32 Å². The second kappa shape index (κ2) is 5.01. The minimum Gasteiger partial charge on any atom is -0.312 e. The summed E-state index contributed by atoms with van der Waals surface area (Å²) in [4.78, 5) is 2.54. The molecule has 0 amide bonds. The van der Waals surface area contributed by atoms with Crippen molar-refractivity contribution >= 4 is 11.8 Å². The number of nitrogens with zero attached hydrogens (tertiary/aromatic N) is 1. The van der Waals surface area contributed by atoms with Crippen LogP contribution in [-0.4, -0.2) is 49.1 Å². The van der Waals surface area contributed by atoms with Gasteiger partial charge in [-0.25, -0.2) is 0 Å². The molecule has 0 aromatic carbocycles. The van der Waals surface area contributed by atoms with Crippen LogP contribution in [-0.2, 0) is 0 Å². The SMILES string of the molecule is CSCCN1CCN[C@@H](C)C1. The van der Waals surface area contributed by atoms with Crippen LogP contribution in [0.4, 0.5) is 0 Å². The molecule has 0 aromatic heterocycles. The van der Waals surface area contributed by atoms with E-state index in [2.05, 4.69) is 23.4 Å². The summed E-state index contributed by atoms with van der Waals surface area (Å²) in [7, 11) is 0. The molecule has 1 N–H and O–H groups in total. The van der Waals surface area contributed by atoms with Crippen LogP contribution in [0.5, 0.6) is 0 Å². The molecular formula is C8H18N2S. The Morgan fingerprint density at radius 1 is 1.64 bits per heavy atom. The Bertz CT molecular complexity index is 108. The molecule has 0 unspecified atom stereocenters. The Morgan fingerprint density at radius 3 is 3.09 bits per heavy atom. The summed E-state index contributed by atoms with van der Waals surface area (Å²) in [6, 6.07) is 0.686.